The zero-order chi connectivity index (χ0) is 15.6. The van der Waals surface area contributed by atoms with Crippen molar-refractivity contribution < 1.29 is 4.79 Å². The van der Waals surface area contributed by atoms with Gasteiger partial charge >= 0.3 is 0 Å². The lowest BCUT2D eigenvalue weighted by Crippen LogP contribution is -2.30. The summed E-state index contributed by atoms with van der Waals surface area (Å²) < 4.78 is 1.66. The third kappa shape index (κ3) is 3.64. The molecule has 1 heterocycles. The first-order valence-electron chi connectivity index (χ1n) is 6.97. The van der Waals surface area contributed by atoms with Crippen molar-refractivity contribution in [3.63, 3.8) is 0 Å². The average Bonchev–Trinajstić information content (AvgIpc) is 2.66. The Labute approximate surface area is 130 Å². The number of rotatable bonds is 4. The molecule has 21 heavy (non-hydrogen) atoms. The molecule has 0 saturated heterocycles. The summed E-state index contributed by atoms with van der Waals surface area (Å²) in [6.07, 6.45) is 0. The highest BCUT2D eigenvalue weighted by molar-refractivity contribution is 6.33. The van der Waals surface area contributed by atoms with Crippen molar-refractivity contribution in [3.8, 4) is 0 Å². The van der Waals surface area contributed by atoms with Gasteiger partial charge < -0.3 is 5.32 Å². The van der Waals surface area contributed by atoms with Crippen LogP contribution in [-0.2, 0) is 6.54 Å². The Kier molecular flexibility index (Phi) is 4.68. The van der Waals surface area contributed by atoms with E-state index in [4.69, 9.17) is 11.6 Å². The molecule has 4 nitrogen and oxygen atoms in total. The van der Waals surface area contributed by atoms with Gasteiger partial charge in [-0.15, -0.1) is 0 Å². The zero-order valence-corrected chi connectivity index (χ0v) is 13.5. The van der Waals surface area contributed by atoms with Crippen LogP contribution < -0.4 is 5.32 Å². The van der Waals surface area contributed by atoms with Gasteiger partial charge in [-0.05, 0) is 33.3 Å². The van der Waals surface area contributed by atoms with Crippen molar-refractivity contribution in [3.05, 3.63) is 51.8 Å². The smallest absolute Gasteiger partial charge is 0.256 e. The summed E-state index contributed by atoms with van der Waals surface area (Å²) in [4.78, 5) is 12.2. The minimum absolute atomic E-state index is 0.0633. The van der Waals surface area contributed by atoms with E-state index < -0.39 is 0 Å². The first-order valence-corrected chi connectivity index (χ1v) is 7.35. The number of aryl methyl sites for hydroxylation is 2. The molecule has 0 radical (unpaired) electrons. The lowest BCUT2D eigenvalue weighted by atomic mass is 10.1. The highest BCUT2D eigenvalue weighted by Crippen LogP contribution is 2.21. The van der Waals surface area contributed by atoms with Crippen LogP contribution in [-0.4, -0.2) is 21.7 Å². The second kappa shape index (κ2) is 6.31. The summed E-state index contributed by atoms with van der Waals surface area (Å²) in [7, 11) is 0. The van der Waals surface area contributed by atoms with Crippen molar-refractivity contribution in [2.24, 2.45) is 0 Å². The van der Waals surface area contributed by atoms with E-state index >= 15 is 0 Å². The summed E-state index contributed by atoms with van der Waals surface area (Å²) in [5.41, 5.74) is 3.40. The van der Waals surface area contributed by atoms with E-state index in [0.29, 0.717) is 23.0 Å². The predicted octanol–water partition coefficient (Wildman–Crippen LogP) is 3.34. The quantitative estimate of drug-likeness (QED) is 0.941. The third-order valence-electron chi connectivity index (χ3n) is 3.17. The minimum Gasteiger partial charge on any atom is -0.350 e. The molecule has 112 valence electrons. The van der Waals surface area contributed by atoms with Crippen LogP contribution in [0, 0.1) is 13.8 Å². The number of benzene rings is 1. The number of hydrogen-bond donors (Lipinski definition) is 1. The number of hydrogen-bond acceptors (Lipinski definition) is 2. The van der Waals surface area contributed by atoms with Gasteiger partial charge in [-0.3, -0.25) is 4.79 Å². The molecule has 0 aliphatic heterocycles. The monoisotopic (exact) mass is 305 g/mol. The second-order valence-electron chi connectivity index (χ2n) is 5.52. The van der Waals surface area contributed by atoms with E-state index in [9.17, 15) is 4.79 Å². The Morgan fingerprint density at radius 2 is 1.90 bits per heavy atom. The van der Waals surface area contributed by atoms with E-state index in [-0.39, 0.29) is 11.9 Å². The summed E-state index contributed by atoms with van der Waals surface area (Å²) in [5.74, 6) is -0.178. The third-order valence-corrected chi connectivity index (χ3v) is 3.55. The van der Waals surface area contributed by atoms with Gasteiger partial charge in [-0.1, -0.05) is 41.4 Å². The molecule has 0 saturated carbocycles. The zero-order valence-electron chi connectivity index (χ0n) is 12.8. The van der Waals surface area contributed by atoms with Gasteiger partial charge in [0.1, 0.15) is 5.15 Å². The molecule has 5 heteroatoms. The number of amides is 1. The number of carbonyl (C=O) groups excluding carboxylic acids is 1. The van der Waals surface area contributed by atoms with Crippen LogP contribution in [0.4, 0.5) is 0 Å². The Balaban J connectivity index is 2.26. The van der Waals surface area contributed by atoms with Crippen LogP contribution in [0.5, 0.6) is 0 Å². The van der Waals surface area contributed by atoms with Crippen LogP contribution in [0.15, 0.2) is 24.3 Å². The molecular formula is C16H20ClN3O. The number of nitrogens with one attached hydrogen (secondary N) is 1. The molecule has 0 aliphatic carbocycles. The molecule has 1 aromatic heterocycles. The molecule has 1 N–H and O–H groups in total. The Hall–Kier alpha value is -1.81. The van der Waals surface area contributed by atoms with E-state index in [0.717, 1.165) is 5.56 Å². The maximum Gasteiger partial charge on any atom is 0.256 e. The van der Waals surface area contributed by atoms with E-state index in [1.807, 2.05) is 45.0 Å². The lowest BCUT2D eigenvalue weighted by Gasteiger charge is -2.08. The van der Waals surface area contributed by atoms with Gasteiger partial charge in [0.05, 0.1) is 17.8 Å². The van der Waals surface area contributed by atoms with Crippen molar-refractivity contribution >= 4 is 17.5 Å². The van der Waals surface area contributed by atoms with Crippen LogP contribution in [0.1, 0.15) is 41.0 Å². The van der Waals surface area contributed by atoms with Crippen molar-refractivity contribution in [2.75, 3.05) is 0 Å². The lowest BCUT2D eigenvalue weighted by molar-refractivity contribution is 0.0942. The van der Waals surface area contributed by atoms with Crippen molar-refractivity contribution in [1.29, 1.82) is 0 Å². The summed E-state index contributed by atoms with van der Waals surface area (Å²) in [6, 6.07) is 8.24. The van der Waals surface area contributed by atoms with Crippen LogP contribution in [0.3, 0.4) is 0 Å². The van der Waals surface area contributed by atoms with Gasteiger partial charge in [0, 0.05) is 6.04 Å². The number of halogens is 1. The first kappa shape index (κ1) is 15.6. The largest absolute Gasteiger partial charge is 0.350 e. The fourth-order valence-electron chi connectivity index (χ4n) is 2.12. The molecule has 2 aromatic rings. The Bertz CT molecular complexity index is 644. The standard InChI is InChI=1S/C16H20ClN3O/c1-10(2)18-16(21)14-12(4)19-20(15(14)17)9-13-7-5-11(3)6-8-13/h5-8,10H,9H2,1-4H3,(H,18,21). The highest BCUT2D eigenvalue weighted by atomic mass is 35.5. The van der Waals surface area contributed by atoms with E-state index in [1.165, 1.54) is 5.56 Å². The maximum absolute atomic E-state index is 12.2. The normalized spacial score (nSPS) is 11.0. The Morgan fingerprint density at radius 3 is 2.48 bits per heavy atom. The number of carbonyl (C=O) groups is 1. The van der Waals surface area contributed by atoms with Crippen molar-refractivity contribution in [2.45, 2.75) is 40.3 Å². The summed E-state index contributed by atoms with van der Waals surface area (Å²) in [6.45, 7) is 8.22. The van der Waals surface area contributed by atoms with Gasteiger partial charge in [0.15, 0.2) is 0 Å². The molecule has 0 aliphatic rings. The molecule has 0 unspecified atom stereocenters. The molecule has 0 fully saturated rings. The fraction of sp³-hybridized carbons (Fsp3) is 0.375. The number of nitrogens with zero attached hydrogens (tertiary/aromatic N) is 2. The molecule has 0 bridgehead atoms. The highest BCUT2D eigenvalue weighted by Gasteiger charge is 2.20. The minimum atomic E-state index is -0.178. The van der Waals surface area contributed by atoms with E-state index in [2.05, 4.69) is 10.4 Å². The van der Waals surface area contributed by atoms with Crippen LogP contribution in [0.25, 0.3) is 0 Å². The van der Waals surface area contributed by atoms with Crippen LogP contribution in [0.2, 0.25) is 5.15 Å². The summed E-state index contributed by atoms with van der Waals surface area (Å²) >= 11 is 6.33. The fourth-order valence-corrected chi connectivity index (χ4v) is 2.44. The molecule has 2 rings (SSSR count). The van der Waals surface area contributed by atoms with Gasteiger partial charge in [-0.25, -0.2) is 4.68 Å². The summed E-state index contributed by atoms with van der Waals surface area (Å²) in [5, 5.41) is 7.61. The van der Waals surface area contributed by atoms with Gasteiger partial charge in [0.2, 0.25) is 0 Å². The van der Waals surface area contributed by atoms with Crippen molar-refractivity contribution in [1.82, 2.24) is 15.1 Å². The molecule has 1 aromatic carbocycles. The van der Waals surface area contributed by atoms with Gasteiger partial charge in [0.25, 0.3) is 5.91 Å². The maximum atomic E-state index is 12.2. The molecule has 0 spiro atoms. The SMILES string of the molecule is Cc1ccc(Cn2nc(C)c(C(=O)NC(C)C)c2Cl)cc1. The average molecular weight is 306 g/mol. The second-order valence-corrected chi connectivity index (χ2v) is 5.88. The molecular weight excluding hydrogens is 286 g/mol. The Morgan fingerprint density at radius 1 is 1.29 bits per heavy atom. The first-order chi connectivity index (χ1) is 9.88. The van der Waals surface area contributed by atoms with Gasteiger partial charge in [-0.2, -0.15) is 5.10 Å². The molecule has 1 amide bonds. The van der Waals surface area contributed by atoms with E-state index in [1.54, 1.807) is 11.6 Å². The predicted molar refractivity (Wildman–Crippen MR) is 84.9 cm³/mol. The van der Waals surface area contributed by atoms with Crippen LogP contribution >= 0.6 is 11.6 Å². The topological polar surface area (TPSA) is 46.9 Å². The molecule has 0 atom stereocenters. The number of aromatic nitrogens is 2.